The fourth-order valence-corrected chi connectivity index (χ4v) is 11.4. The Bertz CT molecular complexity index is 1440. The van der Waals surface area contributed by atoms with E-state index in [4.69, 9.17) is 42.6 Å². The van der Waals surface area contributed by atoms with Gasteiger partial charge >= 0.3 is 0 Å². The predicted octanol–water partition coefficient (Wildman–Crippen LogP) is 4.79. The second kappa shape index (κ2) is 14.6. The summed E-state index contributed by atoms with van der Waals surface area (Å²) in [5.41, 5.74) is 2.17. The van der Waals surface area contributed by atoms with Crippen LogP contribution in [0.3, 0.4) is 0 Å². The van der Waals surface area contributed by atoms with E-state index < -0.39 is 5.79 Å². The summed E-state index contributed by atoms with van der Waals surface area (Å²) < 4.78 is 60.0. The fraction of sp³-hybridized carbons (Fsp3) is 0.875. The molecule has 0 radical (unpaired) electrons. The van der Waals surface area contributed by atoms with Gasteiger partial charge in [-0.2, -0.15) is 0 Å². The maximum absolute atomic E-state index is 14.1. The Morgan fingerprint density at radius 3 is 2.38 bits per heavy atom. The Morgan fingerprint density at radius 1 is 0.792 bits per heavy atom. The molecule has 0 amide bonds. The van der Waals surface area contributed by atoms with Crippen LogP contribution in [0.5, 0.6) is 0 Å². The molecule has 0 N–H and O–H groups in total. The number of methoxy groups -OCH3 is 1. The molecular formula is C40H57NO12. The largest absolute Gasteiger partial charge is 0.378 e. The van der Waals surface area contributed by atoms with Crippen LogP contribution in [0.1, 0.15) is 96.8 Å². The molecule has 0 saturated carbocycles. The monoisotopic (exact) mass is 743 g/mol. The van der Waals surface area contributed by atoms with E-state index in [0.717, 1.165) is 49.7 Å². The van der Waals surface area contributed by atoms with Crippen molar-refractivity contribution in [2.24, 2.45) is 11.8 Å². The lowest BCUT2D eigenvalue weighted by Gasteiger charge is -2.47. The van der Waals surface area contributed by atoms with E-state index in [2.05, 4.69) is 20.1 Å². The zero-order chi connectivity index (χ0) is 36.6. The average molecular weight is 744 g/mol. The molecule has 13 nitrogen and oxygen atoms in total. The normalized spacial score (nSPS) is 50.9. The molecule has 10 fully saturated rings. The quantitative estimate of drug-likeness (QED) is 0.217. The Hall–Kier alpha value is -1.81. The molecule has 12 unspecified atom stereocenters. The molecule has 10 aliphatic rings. The molecule has 0 aromatic carbocycles. The van der Waals surface area contributed by atoms with Crippen molar-refractivity contribution in [1.29, 1.82) is 0 Å². The van der Waals surface area contributed by atoms with Gasteiger partial charge < -0.3 is 42.6 Å². The summed E-state index contributed by atoms with van der Waals surface area (Å²) in [4.78, 5) is 24.9. The molecule has 18 atom stereocenters. The van der Waals surface area contributed by atoms with Crippen LogP contribution in [0, 0.1) is 22.0 Å². The van der Waals surface area contributed by atoms with E-state index >= 15 is 0 Å². The molecular weight excluding hydrogens is 686 g/mol. The van der Waals surface area contributed by atoms with Crippen LogP contribution in [0.15, 0.2) is 24.3 Å². The van der Waals surface area contributed by atoms with E-state index in [0.29, 0.717) is 38.5 Å². The number of carbonyl (C=O) groups excluding carboxylic acids is 1. The zero-order valence-electron chi connectivity index (χ0n) is 31.2. The number of ketones is 1. The molecule has 10 saturated heterocycles. The van der Waals surface area contributed by atoms with Gasteiger partial charge in [0.25, 0.3) is 0 Å². The number of hydrogen-bond acceptors (Lipinski definition) is 12. The van der Waals surface area contributed by atoms with E-state index in [1.165, 1.54) is 0 Å². The summed E-state index contributed by atoms with van der Waals surface area (Å²) in [6.45, 7) is 11.0. The second-order valence-electron chi connectivity index (χ2n) is 17.5. The third-order valence-electron chi connectivity index (χ3n) is 14.0. The van der Waals surface area contributed by atoms with Crippen molar-refractivity contribution in [3.63, 3.8) is 0 Å². The van der Waals surface area contributed by atoms with Crippen LogP contribution in [-0.2, 0) is 47.4 Å². The summed E-state index contributed by atoms with van der Waals surface area (Å²) in [5.74, 6) is -0.680. The van der Waals surface area contributed by atoms with Crippen molar-refractivity contribution in [1.82, 2.24) is 0 Å². The van der Waals surface area contributed by atoms with Crippen molar-refractivity contribution < 1.29 is 52.3 Å². The third-order valence-corrected chi connectivity index (χ3v) is 14.0. The highest BCUT2D eigenvalue weighted by molar-refractivity contribution is 5.79. The average Bonchev–Trinajstić information content (AvgIpc) is 3.80. The highest BCUT2D eigenvalue weighted by Crippen LogP contribution is 2.54. The number of nitrogens with zero attached hydrogens (tertiary/aromatic N) is 1. The highest BCUT2D eigenvalue weighted by atomic mass is 16.8. The summed E-state index contributed by atoms with van der Waals surface area (Å²) in [6.07, 6.45) is 5.78. The van der Waals surface area contributed by atoms with Crippen molar-refractivity contribution in [3.8, 4) is 0 Å². The van der Waals surface area contributed by atoms with Crippen molar-refractivity contribution in [3.05, 3.63) is 34.4 Å². The van der Waals surface area contributed by atoms with E-state index in [1.54, 1.807) is 7.11 Å². The fourth-order valence-electron chi connectivity index (χ4n) is 11.4. The molecule has 0 aromatic rings. The van der Waals surface area contributed by atoms with Crippen LogP contribution in [0.2, 0.25) is 0 Å². The summed E-state index contributed by atoms with van der Waals surface area (Å²) in [6, 6.07) is 0. The van der Waals surface area contributed by atoms with Gasteiger partial charge in [-0.3, -0.25) is 14.9 Å². The Labute approximate surface area is 311 Å². The summed E-state index contributed by atoms with van der Waals surface area (Å²) in [5, 5.41) is 11.2. The lowest BCUT2D eigenvalue weighted by molar-refractivity contribution is -0.480. The van der Waals surface area contributed by atoms with Crippen molar-refractivity contribution in [2.75, 3.05) is 13.7 Å². The number of rotatable bonds is 5. The second-order valence-corrected chi connectivity index (χ2v) is 17.5. The first-order valence-electron chi connectivity index (χ1n) is 20.4. The molecule has 13 heteroatoms. The van der Waals surface area contributed by atoms with Gasteiger partial charge in [0.15, 0.2) is 5.79 Å². The maximum atomic E-state index is 14.1. The SMILES string of the molecule is C=C1CC2CC[C@@]34CC5OC6C(O3)[C@H]3OC(CCC3O[C@H]6C5O4)CC(=O)CC3[C@H](CC4OC(CCC1O2)CC(C)C4=C)O[C@H](CCC[N+](=O)[O-])[C@@H]3OC. The summed E-state index contributed by atoms with van der Waals surface area (Å²) >= 11 is 0. The van der Waals surface area contributed by atoms with Gasteiger partial charge in [0.2, 0.25) is 6.54 Å². The predicted molar refractivity (Wildman–Crippen MR) is 188 cm³/mol. The summed E-state index contributed by atoms with van der Waals surface area (Å²) in [7, 11) is 1.64. The van der Waals surface area contributed by atoms with Gasteiger partial charge in [0.1, 0.15) is 36.3 Å². The smallest absolute Gasteiger partial charge is 0.204 e. The molecule has 12 bridgehead atoms. The molecule has 294 valence electrons. The number of ether oxygens (including phenoxy) is 9. The minimum Gasteiger partial charge on any atom is -0.378 e. The molecule has 0 aliphatic carbocycles. The molecule has 53 heavy (non-hydrogen) atoms. The number of hydrogen-bond donors (Lipinski definition) is 0. The van der Waals surface area contributed by atoms with E-state index in [9.17, 15) is 14.9 Å². The lowest BCUT2D eigenvalue weighted by atomic mass is 9.81. The topological polar surface area (TPSA) is 143 Å². The minimum absolute atomic E-state index is 0.0276. The van der Waals surface area contributed by atoms with E-state index in [1.807, 2.05) is 0 Å². The van der Waals surface area contributed by atoms with Crippen LogP contribution < -0.4 is 0 Å². The van der Waals surface area contributed by atoms with Gasteiger partial charge in [0.05, 0.1) is 61.0 Å². The number of nitro groups is 1. The first-order chi connectivity index (χ1) is 25.6. The van der Waals surface area contributed by atoms with Gasteiger partial charge in [-0.25, -0.2) is 0 Å². The van der Waals surface area contributed by atoms with Crippen LogP contribution in [0.4, 0.5) is 0 Å². The van der Waals surface area contributed by atoms with Crippen LogP contribution >= 0.6 is 0 Å². The van der Waals surface area contributed by atoms with Crippen molar-refractivity contribution in [2.45, 2.75) is 194 Å². The van der Waals surface area contributed by atoms with Gasteiger partial charge in [-0.05, 0) is 68.4 Å². The first kappa shape index (κ1) is 36.8. The lowest BCUT2D eigenvalue weighted by Crippen LogP contribution is -2.61. The molecule has 1 spiro atoms. The van der Waals surface area contributed by atoms with Gasteiger partial charge in [0, 0.05) is 56.5 Å². The number of Topliss-reactive ketones (excluding diaryl/α,β-unsaturated/α-hetero) is 1. The minimum atomic E-state index is -0.792. The van der Waals surface area contributed by atoms with Crippen molar-refractivity contribution >= 4 is 5.78 Å². The first-order valence-corrected chi connectivity index (χ1v) is 20.4. The molecule has 10 rings (SSSR count). The highest BCUT2D eigenvalue weighted by Gasteiger charge is 2.68. The number of fused-ring (bicyclic) bond motifs is 6. The number of carbonyl (C=O) groups is 1. The van der Waals surface area contributed by atoms with Crippen LogP contribution in [0.25, 0.3) is 0 Å². The maximum Gasteiger partial charge on any atom is 0.204 e. The molecule has 0 aromatic heterocycles. The van der Waals surface area contributed by atoms with Gasteiger partial charge in [-0.15, -0.1) is 0 Å². The Kier molecular flexibility index (Phi) is 10.1. The standard InChI is InChI=1S/C40H57NO12/c1-20-14-24-7-9-28-21(2)15-26(46-28)11-12-40-19-33-36(52-40)37-38(51-33)39(53-40)35-30(50-37)10-8-25(48-35)16-23(42)17-27-32(18-31(47-24)22(20)3)49-29(34(27)45-4)6-5-13-41(43)44/h20,24-39H,2-3,5-19H2,1,4H3/t20?,24?,25?,26?,27?,28?,29-,30?,31?,32+,33?,34-,35+,36?,37+,38?,39?,40+/m1/s1. The Morgan fingerprint density at radius 2 is 1.55 bits per heavy atom. The zero-order valence-corrected chi connectivity index (χ0v) is 31.2. The van der Waals surface area contributed by atoms with E-state index in [-0.39, 0.29) is 133 Å². The molecule has 10 heterocycles. The van der Waals surface area contributed by atoms with Gasteiger partial charge in [-0.1, -0.05) is 20.1 Å². The molecule has 10 aliphatic heterocycles. The Balaban J connectivity index is 0.984. The van der Waals surface area contributed by atoms with Crippen LogP contribution in [-0.4, -0.2) is 122 Å². The third kappa shape index (κ3) is 6.98.